The van der Waals surface area contributed by atoms with Gasteiger partial charge in [-0.3, -0.25) is 4.98 Å². The molecule has 1 aliphatic rings. The number of imidazole rings is 1. The van der Waals surface area contributed by atoms with Gasteiger partial charge in [0, 0.05) is 53.7 Å². The first-order valence-corrected chi connectivity index (χ1v) is 8.39. The average molecular weight is 327 g/mol. The molecule has 3 heterocycles. The lowest BCUT2D eigenvalue weighted by Gasteiger charge is -2.33. The first kappa shape index (κ1) is 14.5. The van der Waals surface area contributed by atoms with E-state index in [0.29, 0.717) is 5.92 Å². The van der Waals surface area contributed by atoms with Gasteiger partial charge in [0.05, 0.1) is 5.52 Å². The van der Waals surface area contributed by atoms with Gasteiger partial charge < -0.3 is 9.88 Å². The van der Waals surface area contributed by atoms with Crippen molar-refractivity contribution in [2.24, 2.45) is 0 Å². The van der Waals surface area contributed by atoms with Crippen molar-refractivity contribution in [1.82, 2.24) is 15.0 Å². The maximum absolute atomic E-state index is 6.27. The average Bonchev–Trinajstić information content (AvgIpc) is 3.09. The zero-order chi connectivity index (χ0) is 15.8. The molecule has 0 radical (unpaired) electrons. The summed E-state index contributed by atoms with van der Waals surface area (Å²) in [6.45, 7) is 4.11. The highest BCUT2D eigenvalue weighted by Gasteiger charge is 2.23. The fourth-order valence-electron chi connectivity index (χ4n) is 3.54. The normalized spacial score (nSPS) is 16.2. The van der Waals surface area contributed by atoms with Crippen molar-refractivity contribution >= 4 is 28.2 Å². The van der Waals surface area contributed by atoms with Crippen LogP contribution in [-0.4, -0.2) is 28.0 Å². The number of hydrogen-bond donors (Lipinski definition) is 1. The summed E-state index contributed by atoms with van der Waals surface area (Å²) in [5, 5.41) is 1.92. The molecule has 4 rings (SSSR count). The highest BCUT2D eigenvalue weighted by Crippen LogP contribution is 2.34. The molecule has 0 aliphatic carbocycles. The smallest absolute Gasteiger partial charge is 0.109 e. The Kier molecular flexibility index (Phi) is 3.69. The van der Waals surface area contributed by atoms with Gasteiger partial charge in [0.25, 0.3) is 0 Å². The summed E-state index contributed by atoms with van der Waals surface area (Å²) in [5.41, 5.74) is 3.40. The number of hydrogen-bond acceptors (Lipinski definition) is 3. The summed E-state index contributed by atoms with van der Waals surface area (Å²) < 4.78 is 0. The predicted octanol–water partition coefficient (Wildman–Crippen LogP) is 4.30. The van der Waals surface area contributed by atoms with E-state index in [1.165, 1.54) is 5.69 Å². The second kappa shape index (κ2) is 5.85. The van der Waals surface area contributed by atoms with Crippen molar-refractivity contribution < 1.29 is 0 Å². The number of nitrogens with zero attached hydrogens (tertiary/aromatic N) is 3. The predicted molar refractivity (Wildman–Crippen MR) is 94.3 cm³/mol. The van der Waals surface area contributed by atoms with Gasteiger partial charge in [-0.1, -0.05) is 11.6 Å². The van der Waals surface area contributed by atoms with E-state index in [1.807, 2.05) is 30.7 Å². The van der Waals surface area contributed by atoms with Crippen LogP contribution in [0.15, 0.2) is 36.8 Å². The molecule has 0 atom stereocenters. The maximum atomic E-state index is 6.27. The monoisotopic (exact) mass is 326 g/mol. The number of fused-ring (bicyclic) bond motifs is 1. The van der Waals surface area contributed by atoms with Crippen LogP contribution in [0.1, 0.15) is 30.1 Å². The summed E-state index contributed by atoms with van der Waals surface area (Å²) in [4.78, 5) is 14.6. The number of pyridine rings is 1. The van der Waals surface area contributed by atoms with Crippen molar-refractivity contribution in [2.75, 3.05) is 18.0 Å². The number of aromatic nitrogens is 3. The van der Waals surface area contributed by atoms with E-state index >= 15 is 0 Å². The van der Waals surface area contributed by atoms with E-state index in [9.17, 15) is 0 Å². The van der Waals surface area contributed by atoms with Crippen LogP contribution in [0, 0.1) is 6.92 Å². The molecule has 0 saturated carbocycles. The largest absolute Gasteiger partial charge is 0.371 e. The molecule has 0 unspecified atom stereocenters. The highest BCUT2D eigenvalue weighted by molar-refractivity contribution is 6.31. The molecule has 1 aliphatic heterocycles. The maximum Gasteiger partial charge on any atom is 0.109 e. The number of H-pyrrole nitrogens is 1. The van der Waals surface area contributed by atoms with Gasteiger partial charge in [0.15, 0.2) is 0 Å². The van der Waals surface area contributed by atoms with E-state index in [2.05, 4.69) is 32.8 Å². The molecule has 0 amide bonds. The molecule has 2 aromatic heterocycles. The number of aryl methyl sites for hydroxylation is 1. The number of benzene rings is 1. The number of aromatic amines is 1. The molecule has 23 heavy (non-hydrogen) atoms. The molecule has 4 nitrogen and oxygen atoms in total. The van der Waals surface area contributed by atoms with Gasteiger partial charge in [-0.15, -0.1) is 0 Å². The third kappa shape index (κ3) is 2.68. The third-order valence-corrected chi connectivity index (χ3v) is 4.94. The van der Waals surface area contributed by atoms with E-state index < -0.39 is 0 Å². The quantitative estimate of drug-likeness (QED) is 0.763. The minimum Gasteiger partial charge on any atom is -0.371 e. The van der Waals surface area contributed by atoms with Gasteiger partial charge in [0.2, 0.25) is 0 Å². The third-order valence-electron chi connectivity index (χ3n) is 4.72. The standard InChI is InChI=1S/C18H19ClN4/c1-12-10-14(19)11-15-16(2-5-20-17(12)15)23-8-3-13(4-9-23)18-21-6-7-22-18/h2,5-7,10-11,13H,3-4,8-9H2,1H3,(H,21,22). The number of piperidine rings is 1. The van der Waals surface area contributed by atoms with Crippen LogP contribution in [0.4, 0.5) is 5.69 Å². The highest BCUT2D eigenvalue weighted by atomic mass is 35.5. The number of nitrogens with one attached hydrogen (secondary N) is 1. The Balaban J connectivity index is 1.63. The van der Waals surface area contributed by atoms with Crippen LogP contribution in [0.2, 0.25) is 5.02 Å². The topological polar surface area (TPSA) is 44.8 Å². The molecular weight excluding hydrogens is 308 g/mol. The van der Waals surface area contributed by atoms with Gasteiger partial charge in [-0.25, -0.2) is 4.98 Å². The summed E-state index contributed by atoms with van der Waals surface area (Å²) in [6.07, 6.45) is 7.86. The van der Waals surface area contributed by atoms with Crippen molar-refractivity contribution in [3.63, 3.8) is 0 Å². The lowest BCUT2D eigenvalue weighted by Crippen LogP contribution is -2.33. The van der Waals surface area contributed by atoms with Crippen molar-refractivity contribution in [2.45, 2.75) is 25.7 Å². The Labute approximate surface area is 140 Å². The molecule has 1 fully saturated rings. The molecule has 3 aromatic rings. The Morgan fingerprint density at radius 2 is 2.00 bits per heavy atom. The van der Waals surface area contributed by atoms with E-state index in [1.54, 1.807) is 0 Å². The Bertz CT molecular complexity index is 820. The molecule has 5 heteroatoms. The molecule has 0 spiro atoms. The fourth-order valence-corrected chi connectivity index (χ4v) is 3.82. The lowest BCUT2D eigenvalue weighted by atomic mass is 9.95. The zero-order valence-corrected chi connectivity index (χ0v) is 13.8. The Hall–Kier alpha value is -2.07. The van der Waals surface area contributed by atoms with E-state index in [4.69, 9.17) is 11.6 Å². The van der Waals surface area contributed by atoms with E-state index in [0.717, 1.165) is 53.2 Å². The molecular formula is C18H19ClN4. The minimum atomic E-state index is 0.527. The van der Waals surface area contributed by atoms with Gasteiger partial charge in [-0.05, 0) is 43.5 Å². The van der Waals surface area contributed by atoms with Gasteiger partial charge in [0.1, 0.15) is 5.82 Å². The van der Waals surface area contributed by atoms with Gasteiger partial charge in [-0.2, -0.15) is 0 Å². The summed E-state index contributed by atoms with van der Waals surface area (Å²) in [6, 6.07) is 6.11. The van der Waals surface area contributed by atoms with Gasteiger partial charge >= 0.3 is 0 Å². The second-order valence-electron chi connectivity index (χ2n) is 6.18. The number of anilines is 1. The first-order valence-electron chi connectivity index (χ1n) is 8.01. The Morgan fingerprint density at radius 1 is 1.17 bits per heavy atom. The van der Waals surface area contributed by atoms with Crippen molar-refractivity contribution in [3.8, 4) is 0 Å². The first-order chi connectivity index (χ1) is 11.2. The molecule has 1 aromatic carbocycles. The molecule has 1 N–H and O–H groups in total. The SMILES string of the molecule is Cc1cc(Cl)cc2c(N3CCC(c4ncc[nH]4)CC3)ccnc12. The second-order valence-corrected chi connectivity index (χ2v) is 6.62. The fraction of sp³-hybridized carbons (Fsp3) is 0.333. The lowest BCUT2D eigenvalue weighted by molar-refractivity contribution is 0.489. The minimum absolute atomic E-state index is 0.527. The van der Waals surface area contributed by atoms with Crippen molar-refractivity contribution in [3.05, 3.63) is 53.2 Å². The molecule has 1 saturated heterocycles. The Morgan fingerprint density at radius 3 is 2.74 bits per heavy atom. The van der Waals surface area contributed by atoms with E-state index in [-0.39, 0.29) is 0 Å². The summed E-state index contributed by atoms with van der Waals surface area (Å²) in [7, 11) is 0. The summed E-state index contributed by atoms with van der Waals surface area (Å²) in [5.74, 6) is 1.64. The van der Waals surface area contributed by atoms with Crippen LogP contribution >= 0.6 is 11.6 Å². The molecule has 0 bridgehead atoms. The number of halogens is 1. The number of rotatable bonds is 2. The molecule has 118 valence electrons. The van der Waals surface area contributed by atoms with Crippen LogP contribution in [0.25, 0.3) is 10.9 Å². The van der Waals surface area contributed by atoms with Crippen LogP contribution in [-0.2, 0) is 0 Å². The zero-order valence-electron chi connectivity index (χ0n) is 13.1. The summed E-state index contributed by atoms with van der Waals surface area (Å²) >= 11 is 6.27. The van der Waals surface area contributed by atoms with Crippen LogP contribution < -0.4 is 4.90 Å². The van der Waals surface area contributed by atoms with Crippen LogP contribution in [0.3, 0.4) is 0 Å². The van der Waals surface area contributed by atoms with Crippen LogP contribution in [0.5, 0.6) is 0 Å². The van der Waals surface area contributed by atoms with Crippen molar-refractivity contribution in [1.29, 1.82) is 0 Å².